The van der Waals surface area contributed by atoms with E-state index in [9.17, 15) is 9.59 Å². The van der Waals surface area contributed by atoms with Gasteiger partial charge in [-0.25, -0.2) is 9.78 Å². The topological polar surface area (TPSA) is 86.5 Å². The smallest absolute Gasteiger partial charge is 0.411 e. The number of carbonyl (C=O) groups excluding carboxylic acids is 2. The molecular formula is C17H28N4O4. The average Bonchev–Trinajstić information content (AvgIpc) is 3.15. The van der Waals surface area contributed by atoms with Crippen LogP contribution in [-0.4, -0.2) is 56.5 Å². The van der Waals surface area contributed by atoms with Gasteiger partial charge < -0.3 is 9.47 Å². The lowest BCUT2D eigenvalue weighted by Gasteiger charge is -2.31. The molecule has 8 heteroatoms. The lowest BCUT2D eigenvalue weighted by Crippen LogP contribution is -2.45. The maximum Gasteiger partial charge on any atom is 0.411 e. The average molecular weight is 352 g/mol. The molecule has 8 nitrogen and oxygen atoms in total. The molecule has 1 aliphatic rings. The zero-order valence-corrected chi connectivity index (χ0v) is 15.5. The van der Waals surface area contributed by atoms with Crippen LogP contribution in [0.5, 0.6) is 0 Å². The van der Waals surface area contributed by atoms with E-state index in [2.05, 4.69) is 10.1 Å². The van der Waals surface area contributed by atoms with Crippen molar-refractivity contribution in [2.75, 3.05) is 13.2 Å². The Kier molecular flexibility index (Phi) is 6.39. The summed E-state index contributed by atoms with van der Waals surface area (Å²) >= 11 is 0. The third-order valence-electron chi connectivity index (χ3n) is 4.10. The van der Waals surface area contributed by atoms with Gasteiger partial charge in [-0.2, -0.15) is 5.10 Å². The van der Waals surface area contributed by atoms with E-state index in [4.69, 9.17) is 9.47 Å². The van der Waals surface area contributed by atoms with Gasteiger partial charge in [0.1, 0.15) is 24.8 Å². The van der Waals surface area contributed by atoms with Crippen LogP contribution in [0.1, 0.15) is 47.0 Å². The number of esters is 1. The van der Waals surface area contributed by atoms with Crippen LogP contribution in [0.15, 0.2) is 12.7 Å². The van der Waals surface area contributed by atoms with E-state index in [0.29, 0.717) is 12.5 Å². The summed E-state index contributed by atoms with van der Waals surface area (Å²) in [6.07, 6.45) is 5.34. The zero-order chi connectivity index (χ0) is 18.4. The van der Waals surface area contributed by atoms with E-state index in [1.807, 2.05) is 20.8 Å². The summed E-state index contributed by atoms with van der Waals surface area (Å²) in [5.41, 5.74) is -0.608. The van der Waals surface area contributed by atoms with Crippen molar-refractivity contribution in [3.8, 4) is 0 Å². The fourth-order valence-corrected chi connectivity index (χ4v) is 3.10. The van der Waals surface area contributed by atoms with Crippen molar-refractivity contribution in [3.05, 3.63) is 12.7 Å². The molecule has 1 heterocycles. The second kappa shape index (κ2) is 8.31. The molecule has 0 spiro atoms. The van der Waals surface area contributed by atoms with Crippen molar-refractivity contribution in [1.82, 2.24) is 19.7 Å². The summed E-state index contributed by atoms with van der Waals surface area (Å²) in [5, 5.41) is 4.13. The molecule has 1 aromatic rings. The summed E-state index contributed by atoms with van der Waals surface area (Å²) < 4.78 is 12.3. The first-order chi connectivity index (χ1) is 11.8. The Morgan fingerprint density at radius 1 is 1.32 bits per heavy atom. The summed E-state index contributed by atoms with van der Waals surface area (Å²) in [4.78, 5) is 30.0. The van der Waals surface area contributed by atoms with Gasteiger partial charge in [0.05, 0.1) is 6.61 Å². The van der Waals surface area contributed by atoms with E-state index in [1.54, 1.807) is 17.9 Å². The molecule has 0 saturated heterocycles. The molecule has 2 atom stereocenters. The first-order valence-corrected chi connectivity index (χ1v) is 8.76. The molecular weight excluding hydrogens is 324 g/mol. The van der Waals surface area contributed by atoms with E-state index >= 15 is 0 Å². The highest BCUT2D eigenvalue weighted by atomic mass is 16.6. The highest BCUT2D eigenvalue weighted by Crippen LogP contribution is 2.31. The quantitative estimate of drug-likeness (QED) is 0.730. The first kappa shape index (κ1) is 19.2. The minimum absolute atomic E-state index is 0.0345. The van der Waals surface area contributed by atoms with Gasteiger partial charge >= 0.3 is 12.1 Å². The lowest BCUT2D eigenvalue weighted by molar-refractivity contribution is -0.144. The molecule has 0 radical (unpaired) electrons. The predicted octanol–water partition coefficient (Wildman–Crippen LogP) is 2.25. The van der Waals surface area contributed by atoms with Crippen LogP contribution in [-0.2, 0) is 20.8 Å². The van der Waals surface area contributed by atoms with Gasteiger partial charge in [0, 0.05) is 12.6 Å². The van der Waals surface area contributed by atoms with Crippen molar-refractivity contribution in [3.63, 3.8) is 0 Å². The molecule has 25 heavy (non-hydrogen) atoms. The molecule has 1 saturated carbocycles. The lowest BCUT2D eigenvalue weighted by atomic mass is 10.1. The molecule has 0 aromatic carbocycles. The minimum atomic E-state index is -0.608. The normalized spacial score (nSPS) is 20.3. The van der Waals surface area contributed by atoms with E-state index in [0.717, 1.165) is 25.8 Å². The minimum Gasteiger partial charge on any atom is -0.465 e. The van der Waals surface area contributed by atoms with Crippen LogP contribution in [0.25, 0.3) is 0 Å². The third kappa shape index (κ3) is 6.03. The van der Waals surface area contributed by atoms with Crippen LogP contribution < -0.4 is 0 Å². The second-order valence-corrected chi connectivity index (χ2v) is 7.36. The van der Waals surface area contributed by atoms with Crippen LogP contribution >= 0.6 is 0 Å². The number of carbonyl (C=O) groups is 2. The van der Waals surface area contributed by atoms with Crippen LogP contribution in [0.4, 0.5) is 4.79 Å². The Balaban J connectivity index is 2.01. The van der Waals surface area contributed by atoms with Crippen LogP contribution in [0, 0.1) is 5.92 Å². The van der Waals surface area contributed by atoms with E-state index in [1.165, 1.54) is 11.2 Å². The van der Waals surface area contributed by atoms with Crippen LogP contribution in [0.2, 0.25) is 0 Å². The van der Waals surface area contributed by atoms with Gasteiger partial charge in [-0.1, -0.05) is 0 Å². The summed E-state index contributed by atoms with van der Waals surface area (Å²) in [7, 11) is 0. The van der Waals surface area contributed by atoms with Gasteiger partial charge in [-0.15, -0.1) is 0 Å². The van der Waals surface area contributed by atoms with Crippen molar-refractivity contribution in [2.24, 2.45) is 5.92 Å². The number of rotatable bonds is 6. The molecule has 1 aromatic heterocycles. The number of aromatic nitrogens is 3. The third-order valence-corrected chi connectivity index (χ3v) is 4.10. The fourth-order valence-electron chi connectivity index (χ4n) is 3.10. The predicted molar refractivity (Wildman–Crippen MR) is 90.7 cm³/mol. The first-order valence-electron chi connectivity index (χ1n) is 8.76. The molecule has 0 aliphatic heterocycles. The number of hydrogen-bond donors (Lipinski definition) is 0. The Bertz CT molecular complexity index is 568. The molecule has 0 bridgehead atoms. The Morgan fingerprint density at radius 2 is 2.08 bits per heavy atom. The molecule has 1 fully saturated rings. The van der Waals surface area contributed by atoms with Gasteiger partial charge in [-0.3, -0.25) is 14.4 Å². The largest absolute Gasteiger partial charge is 0.465 e. The summed E-state index contributed by atoms with van der Waals surface area (Å²) in [6, 6.07) is -0.0345. The molecule has 2 rings (SSSR count). The Hall–Kier alpha value is -2.12. The summed E-state index contributed by atoms with van der Waals surface area (Å²) in [6.45, 7) is 8.17. The van der Waals surface area contributed by atoms with E-state index in [-0.39, 0.29) is 12.6 Å². The molecule has 0 unspecified atom stereocenters. The monoisotopic (exact) mass is 352 g/mol. The highest BCUT2D eigenvalue weighted by Gasteiger charge is 2.35. The Morgan fingerprint density at radius 3 is 2.68 bits per heavy atom. The van der Waals surface area contributed by atoms with Crippen molar-refractivity contribution in [1.29, 1.82) is 0 Å². The zero-order valence-electron chi connectivity index (χ0n) is 15.5. The highest BCUT2D eigenvalue weighted by molar-refractivity contribution is 5.78. The second-order valence-electron chi connectivity index (χ2n) is 7.36. The standard InChI is InChI=1S/C17H28N4O4/c1-5-24-15(22)10-21(16(23)25-17(2,3)4)14-7-6-13(8-14)9-20-12-18-11-19-20/h11-14H,5-10H2,1-4H3/t13-,14+/m0/s1. The molecule has 140 valence electrons. The van der Waals surface area contributed by atoms with E-state index < -0.39 is 17.7 Å². The Labute approximate surface area is 148 Å². The van der Waals surface area contributed by atoms with Gasteiger partial charge in [0.25, 0.3) is 0 Å². The van der Waals surface area contributed by atoms with Gasteiger partial charge in [-0.05, 0) is 52.9 Å². The maximum atomic E-state index is 12.6. The molecule has 1 amide bonds. The van der Waals surface area contributed by atoms with Gasteiger partial charge in [0.2, 0.25) is 0 Å². The fraction of sp³-hybridized carbons (Fsp3) is 0.765. The number of nitrogens with zero attached hydrogens (tertiary/aromatic N) is 4. The van der Waals surface area contributed by atoms with Crippen molar-refractivity contribution < 1.29 is 19.1 Å². The number of amides is 1. The molecule has 1 aliphatic carbocycles. The number of hydrogen-bond acceptors (Lipinski definition) is 6. The van der Waals surface area contributed by atoms with Gasteiger partial charge in [0.15, 0.2) is 0 Å². The maximum absolute atomic E-state index is 12.6. The SMILES string of the molecule is CCOC(=O)CN(C(=O)OC(C)(C)C)[C@@H]1CC[C@H](Cn2cncn2)C1. The van der Waals surface area contributed by atoms with Crippen molar-refractivity contribution in [2.45, 2.75) is 65.1 Å². The van der Waals surface area contributed by atoms with Crippen LogP contribution in [0.3, 0.4) is 0 Å². The molecule has 0 N–H and O–H groups in total. The van der Waals surface area contributed by atoms with Crippen molar-refractivity contribution >= 4 is 12.1 Å². The summed E-state index contributed by atoms with van der Waals surface area (Å²) in [5.74, 6) is -0.0214. The number of ether oxygens (including phenoxy) is 2.